The maximum absolute atomic E-state index is 6.07. The smallest absolute Gasteiger partial charge is 0.135 e. The summed E-state index contributed by atoms with van der Waals surface area (Å²) in [6, 6.07) is 67.4. The van der Waals surface area contributed by atoms with Crippen molar-refractivity contribution in [3.63, 3.8) is 0 Å². The molecular formula is C54H32N2O. The van der Waals surface area contributed by atoms with Crippen molar-refractivity contribution in [2.45, 2.75) is 0 Å². The number of aromatic nitrogens is 2. The molecule has 0 saturated carbocycles. The van der Waals surface area contributed by atoms with Gasteiger partial charge < -0.3 is 4.42 Å². The standard InChI is InChI=1S/C54H32N2O/c1-3-13-47-44(10-1)45-11-2-4-14-48(45)54-53(47)55-32-50(56-54)43-9-7-8-33(30-43)34-16-17-36-27-37(19-18-35(36)26-34)38-20-21-40-29-41(23-22-39(40)28-38)42-24-25-52-49(31-42)46-12-5-6-15-51(46)57-52/h1-32H. The fraction of sp³-hybridized carbons (Fsp3) is 0. The first kappa shape index (κ1) is 31.7. The minimum atomic E-state index is 0.867. The second-order valence-electron chi connectivity index (χ2n) is 15.0. The number of para-hydroxylation sites is 1. The van der Waals surface area contributed by atoms with Crippen LogP contribution in [0.2, 0.25) is 0 Å². The van der Waals surface area contributed by atoms with Gasteiger partial charge in [0.05, 0.1) is 22.9 Å². The average Bonchev–Trinajstić information content (AvgIpc) is 3.66. The summed E-state index contributed by atoms with van der Waals surface area (Å²) in [5.74, 6) is 0. The van der Waals surface area contributed by atoms with E-state index < -0.39 is 0 Å². The van der Waals surface area contributed by atoms with Crippen molar-refractivity contribution in [1.29, 1.82) is 0 Å². The SMILES string of the molecule is c1cc(-c2ccc3cc(-c4ccc5cc(-c6ccc7oc8ccccc8c7c6)ccc5c4)ccc3c2)cc(-c2cnc3c4ccccc4c4ccccc4c3n2)c1. The molecule has 0 amide bonds. The highest BCUT2D eigenvalue weighted by molar-refractivity contribution is 6.23. The van der Waals surface area contributed by atoms with Gasteiger partial charge in [0.25, 0.3) is 0 Å². The molecular weight excluding hydrogens is 693 g/mol. The first-order valence-electron chi connectivity index (χ1n) is 19.4. The van der Waals surface area contributed by atoms with Crippen LogP contribution in [0.25, 0.3) is 121 Å². The molecule has 0 atom stereocenters. The number of hydrogen-bond acceptors (Lipinski definition) is 3. The molecule has 10 aromatic carbocycles. The molecule has 12 rings (SSSR count). The van der Waals surface area contributed by atoms with Crippen LogP contribution in [0.5, 0.6) is 0 Å². The van der Waals surface area contributed by atoms with Gasteiger partial charge in [-0.25, -0.2) is 4.98 Å². The van der Waals surface area contributed by atoms with Crippen LogP contribution < -0.4 is 0 Å². The molecule has 0 spiro atoms. The summed E-state index contributed by atoms with van der Waals surface area (Å²) in [6.45, 7) is 0. The minimum Gasteiger partial charge on any atom is -0.456 e. The van der Waals surface area contributed by atoms with E-state index in [9.17, 15) is 0 Å². The number of hydrogen-bond donors (Lipinski definition) is 0. The molecule has 12 aromatic rings. The molecule has 0 N–H and O–H groups in total. The topological polar surface area (TPSA) is 38.9 Å². The Morgan fingerprint density at radius 1 is 0.298 bits per heavy atom. The molecule has 0 unspecified atom stereocenters. The lowest BCUT2D eigenvalue weighted by atomic mass is 9.95. The van der Waals surface area contributed by atoms with Gasteiger partial charge in [0, 0.05) is 27.1 Å². The minimum absolute atomic E-state index is 0.867. The van der Waals surface area contributed by atoms with E-state index in [1.54, 1.807) is 0 Å². The Labute approximate surface area is 328 Å². The van der Waals surface area contributed by atoms with Gasteiger partial charge in [0.2, 0.25) is 0 Å². The fourth-order valence-electron chi connectivity index (χ4n) is 8.74. The zero-order chi connectivity index (χ0) is 37.5. The van der Waals surface area contributed by atoms with Gasteiger partial charge in [0.1, 0.15) is 11.2 Å². The van der Waals surface area contributed by atoms with Crippen LogP contribution in [0, 0.1) is 0 Å². The molecule has 3 nitrogen and oxygen atoms in total. The summed E-state index contributed by atoms with van der Waals surface area (Å²) >= 11 is 0. The van der Waals surface area contributed by atoms with Gasteiger partial charge >= 0.3 is 0 Å². The number of rotatable bonds is 4. The summed E-state index contributed by atoms with van der Waals surface area (Å²) < 4.78 is 6.07. The van der Waals surface area contributed by atoms with Crippen LogP contribution in [-0.4, -0.2) is 9.97 Å². The van der Waals surface area contributed by atoms with Crippen molar-refractivity contribution in [2.75, 3.05) is 0 Å². The summed E-state index contributed by atoms with van der Waals surface area (Å²) in [6.07, 6.45) is 1.92. The summed E-state index contributed by atoms with van der Waals surface area (Å²) in [5.41, 5.74) is 12.7. The predicted molar refractivity (Wildman–Crippen MR) is 239 cm³/mol. The lowest BCUT2D eigenvalue weighted by molar-refractivity contribution is 0.669. The van der Waals surface area contributed by atoms with E-state index in [1.807, 2.05) is 18.3 Å². The Bertz CT molecular complexity index is 3560. The van der Waals surface area contributed by atoms with Crippen LogP contribution in [0.15, 0.2) is 199 Å². The molecule has 0 aliphatic heterocycles. The van der Waals surface area contributed by atoms with E-state index >= 15 is 0 Å². The van der Waals surface area contributed by atoms with Gasteiger partial charge in [-0.15, -0.1) is 0 Å². The first-order chi connectivity index (χ1) is 28.2. The van der Waals surface area contributed by atoms with E-state index in [4.69, 9.17) is 14.4 Å². The quantitative estimate of drug-likeness (QED) is 0.170. The van der Waals surface area contributed by atoms with Crippen molar-refractivity contribution >= 4 is 76.1 Å². The largest absolute Gasteiger partial charge is 0.456 e. The Hall–Kier alpha value is -7.62. The molecule has 0 saturated heterocycles. The monoisotopic (exact) mass is 724 g/mol. The van der Waals surface area contributed by atoms with Crippen molar-refractivity contribution in [2.24, 2.45) is 0 Å². The molecule has 0 fully saturated rings. The average molecular weight is 725 g/mol. The van der Waals surface area contributed by atoms with Gasteiger partial charge in [-0.3, -0.25) is 4.98 Å². The van der Waals surface area contributed by atoms with E-state index in [1.165, 1.54) is 60.1 Å². The lowest BCUT2D eigenvalue weighted by Gasteiger charge is -2.11. The zero-order valence-electron chi connectivity index (χ0n) is 30.8. The maximum atomic E-state index is 6.07. The molecule has 0 radical (unpaired) electrons. The fourth-order valence-corrected chi connectivity index (χ4v) is 8.74. The second-order valence-corrected chi connectivity index (χ2v) is 15.0. The van der Waals surface area contributed by atoms with Crippen molar-refractivity contribution in [3.05, 3.63) is 194 Å². The van der Waals surface area contributed by atoms with Gasteiger partial charge in [-0.2, -0.15) is 0 Å². The molecule has 2 heterocycles. The highest BCUT2D eigenvalue weighted by Gasteiger charge is 2.14. The van der Waals surface area contributed by atoms with Gasteiger partial charge in [0.15, 0.2) is 0 Å². The molecule has 0 bridgehead atoms. The second kappa shape index (κ2) is 12.5. The summed E-state index contributed by atoms with van der Waals surface area (Å²) in [4.78, 5) is 10.2. The molecule has 264 valence electrons. The third-order valence-corrected chi connectivity index (χ3v) is 11.6. The van der Waals surface area contributed by atoms with Crippen molar-refractivity contribution in [3.8, 4) is 44.6 Å². The van der Waals surface area contributed by atoms with Gasteiger partial charge in [-0.1, -0.05) is 140 Å². The molecule has 3 heteroatoms. The Kier molecular flexibility index (Phi) is 6.93. The van der Waals surface area contributed by atoms with E-state index in [0.29, 0.717) is 0 Å². The molecule has 2 aromatic heterocycles. The van der Waals surface area contributed by atoms with E-state index in [-0.39, 0.29) is 0 Å². The molecule has 0 aliphatic rings. The van der Waals surface area contributed by atoms with Crippen molar-refractivity contribution < 1.29 is 4.42 Å². The highest BCUT2D eigenvalue weighted by atomic mass is 16.3. The number of fused-ring (bicyclic) bond motifs is 11. The third-order valence-electron chi connectivity index (χ3n) is 11.6. The molecule has 0 aliphatic carbocycles. The number of nitrogens with zero attached hydrogens (tertiary/aromatic N) is 2. The number of furan rings is 1. The normalized spacial score (nSPS) is 11.9. The predicted octanol–water partition coefficient (Wildman–Crippen LogP) is 14.8. The van der Waals surface area contributed by atoms with Crippen LogP contribution in [-0.2, 0) is 0 Å². The third kappa shape index (κ3) is 5.21. The van der Waals surface area contributed by atoms with E-state index in [0.717, 1.165) is 60.6 Å². The number of benzene rings is 10. The lowest BCUT2D eigenvalue weighted by Crippen LogP contribution is -1.92. The summed E-state index contributed by atoms with van der Waals surface area (Å²) in [5, 5.41) is 11.8. The maximum Gasteiger partial charge on any atom is 0.135 e. The van der Waals surface area contributed by atoms with Crippen LogP contribution in [0.1, 0.15) is 0 Å². The van der Waals surface area contributed by atoms with E-state index in [2.05, 4.69) is 176 Å². The van der Waals surface area contributed by atoms with Crippen LogP contribution >= 0.6 is 0 Å². The summed E-state index contributed by atoms with van der Waals surface area (Å²) in [7, 11) is 0. The van der Waals surface area contributed by atoms with Gasteiger partial charge in [-0.05, 0) is 114 Å². The van der Waals surface area contributed by atoms with Crippen molar-refractivity contribution in [1.82, 2.24) is 9.97 Å². The highest BCUT2D eigenvalue weighted by Crippen LogP contribution is 2.37. The Balaban J connectivity index is 0.848. The first-order valence-corrected chi connectivity index (χ1v) is 19.4. The zero-order valence-corrected chi connectivity index (χ0v) is 30.8. The molecule has 57 heavy (non-hydrogen) atoms. The van der Waals surface area contributed by atoms with Crippen LogP contribution in [0.3, 0.4) is 0 Å². The van der Waals surface area contributed by atoms with Crippen LogP contribution in [0.4, 0.5) is 0 Å². The Morgan fingerprint density at radius 3 is 1.37 bits per heavy atom. The Morgan fingerprint density at radius 2 is 0.754 bits per heavy atom.